The van der Waals surface area contributed by atoms with E-state index >= 15 is 0 Å². The number of aromatic nitrogens is 8. The molecule has 8 aromatic carbocycles. The van der Waals surface area contributed by atoms with Gasteiger partial charge in [-0.15, -0.1) is 0 Å². The van der Waals surface area contributed by atoms with Crippen LogP contribution in [0.25, 0.3) is 45.0 Å². The van der Waals surface area contributed by atoms with Crippen LogP contribution in [0.4, 0.5) is 45.2 Å². The Labute approximate surface area is 610 Å². The smallest absolute Gasteiger partial charge is 0.229 e. The highest BCUT2D eigenvalue weighted by Gasteiger charge is 2.17. The number of nitrogens with one attached hydrogen (secondary N) is 4. The lowest BCUT2D eigenvalue weighted by Crippen LogP contribution is -2.17. The Kier molecular flexibility index (Phi) is 27.7. The molecule has 0 bridgehead atoms. The first-order chi connectivity index (χ1) is 50.2. The first-order valence-corrected chi connectivity index (χ1v) is 34.0. The number of nitrogens with zero attached hydrogens (tertiary/aromatic N) is 8. The Morgan fingerprint density at radius 3 is 0.788 bits per heavy atom. The number of hydrogen-bond donors (Lipinski definition) is 5. The van der Waals surface area contributed by atoms with Crippen molar-refractivity contribution in [3.8, 4) is 50.8 Å². The quantitative estimate of drug-likeness (QED) is 0.0447. The average Bonchev–Trinajstić information content (AvgIpc) is 0.844. The Morgan fingerprint density at radius 1 is 0.337 bits per heavy atom. The summed E-state index contributed by atoms with van der Waals surface area (Å²) in [6, 6.07) is 51.1. The van der Waals surface area contributed by atoms with Crippen LogP contribution in [0.1, 0.15) is 72.7 Å². The normalized spacial score (nSPS) is 10.6. The first-order valence-electron chi connectivity index (χ1n) is 32.9. The second-order valence-electron chi connectivity index (χ2n) is 23.1. The SMILES string of the molecule is CCc1nc(-c2ccc(F)cc2)cnc1NC(=O)Cc1ccc(Br)cc1.CCc1nc(-c2ccc(F)cc2)cnc1NC(=O)Cc1ccc(Cl)cc1.CCc1nc(-c2ccc(F)cc2)cnc1NC(=O)Cc1ccc(F)cc1.CCc1nc(-c2ccc(F)cc2)cnc1NC(=O)Cc1ccc(O)cc1. The number of aromatic hydroxyl groups is 1. The molecule has 12 aromatic rings. The number of halogens is 7. The van der Waals surface area contributed by atoms with Gasteiger partial charge in [-0.3, -0.25) is 19.2 Å². The number of carbonyl (C=O) groups excluding carboxylic acids is 4. The van der Waals surface area contributed by atoms with Gasteiger partial charge >= 0.3 is 0 Å². The molecule has 4 heterocycles. The van der Waals surface area contributed by atoms with Gasteiger partial charge in [0, 0.05) is 31.7 Å². The molecule has 17 nitrogen and oxygen atoms in total. The van der Waals surface area contributed by atoms with Crippen molar-refractivity contribution in [3.05, 3.63) is 303 Å². The van der Waals surface area contributed by atoms with Crippen LogP contribution >= 0.6 is 27.5 Å². The van der Waals surface area contributed by atoms with Gasteiger partial charge in [0.25, 0.3) is 0 Å². The number of benzene rings is 8. The lowest BCUT2D eigenvalue weighted by atomic mass is 10.1. The standard InChI is InChI=1S/C20H17BrFN3O.C20H17ClFN3O.C20H17F2N3O.C20H18FN3O2/c3*1-2-17-20(25-19(26)11-13-3-7-15(21)8-4-13)23-12-18(24-17)14-5-9-16(22)10-6-14;1-2-17-20(24-19(26)11-13-3-9-16(25)10-4-13)22-12-18(23-17)14-5-7-15(21)8-6-14/h3*3-10,12H,2,11H2,1H3,(H,23,25,26);3-10,12,25H,2,11H2,1H3,(H,22,24,26). The Balaban J connectivity index is 0.000000161. The fourth-order valence-electron chi connectivity index (χ4n) is 10.0. The molecule has 0 atom stereocenters. The summed E-state index contributed by atoms with van der Waals surface area (Å²) in [7, 11) is 0. The first kappa shape index (κ1) is 76.4. The fraction of sp³-hybridized carbons (Fsp3) is 0.150. The van der Waals surface area contributed by atoms with Gasteiger partial charge in [-0.1, -0.05) is 104 Å². The summed E-state index contributed by atoms with van der Waals surface area (Å²) in [6.45, 7) is 7.72. The summed E-state index contributed by atoms with van der Waals surface area (Å²) in [5.74, 6) is -0.490. The lowest BCUT2D eigenvalue weighted by molar-refractivity contribution is -0.116. The third kappa shape index (κ3) is 23.1. The lowest BCUT2D eigenvalue weighted by Gasteiger charge is -2.10. The van der Waals surface area contributed by atoms with Gasteiger partial charge in [-0.25, -0.2) is 61.8 Å². The van der Waals surface area contributed by atoms with Crippen molar-refractivity contribution < 1.29 is 46.2 Å². The summed E-state index contributed by atoms with van der Waals surface area (Å²) < 4.78 is 66.1. The molecule has 0 aliphatic carbocycles. The number of phenolic OH excluding ortho intramolecular Hbond substituents is 1. The van der Waals surface area contributed by atoms with E-state index in [4.69, 9.17) is 11.6 Å². The van der Waals surface area contributed by atoms with Crippen molar-refractivity contribution in [3.63, 3.8) is 0 Å². The molecule has 5 N–H and O–H groups in total. The predicted molar refractivity (Wildman–Crippen MR) is 397 cm³/mol. The molecule has 4 aromatic heterocycles. The van der Waals surface area contributed by atoms with E-state index in [-0.39, 0.29) is 84.1 Å². The molecule has 12 rings (SSSR count). The molecule has 24 heteroatoms. The van der Waals surface area contributed by atoms with Gasteiger partial charge in [0.2, 0.25) is 23.6 Å². The molecule has 0 fully saturated rings. The van der Waals surface area contributed by atoms with Gasteiger partial charge in [-0.05, 0) is 194 Å². The van der Waals surface area contributed by atoms with E-state index in [0.717, 1.165) is 43.4 Å². The number of anilines is 4. The molecule has 0 aliphatic rings. The van der Waals surface area contributed by atoms with Gasteiger partial charge in [-0.2, -0.15) is 0 Å². The minimum Gasteiger partial charge on any atom is -0.508 e. The zero-order valence-corrected chi connectivity index (χ0v) is 59.1. The van der Waals surface area contributed by atoms with Crippen molar-refractivity contribution in [2.24, 2.45) is 0 Å². The van der Waals surface area contributed by atoms with E-state index in [1.54, 1.807) is 110 Å². The Hall–Kier alpha value is -11.8. The van der Waals surface area contributed by atoms with Crippen LogP contribution in [0.2, 0.25) is 5.02 Å². The molecule has 0 aliphatic heterocycles. The highest BCUT2D eigenvalue weighted by atomic mass is 79.9. The Bertz CT molecular complexity index is 4260. The summed E-state index contributed by atoms with van der Waals surface area (Å²) in [5, 5.41) is 21.1. The topological polar surface area (TPSA) is 240 Å². The molecule has 0 radical (unpaired) electrons. The fourth-order valence-corrected chi connectivity index (χ4v) is 10.4. The number of rotatable bonds is 20. The maximum Gasteiger partial charge on any atom is 0.229 e. The molecular formula is C80H69BrClF5N12O5. The minimum atomic E-state index is -0.343. The van der Waals surface area contributed by atoms with Gasteiger partial charge in [0.1, 0.15) is 34.8 Å². The van der Waals surface area contributed by atoms with E-state index < -0.39 is 0 Å². The predicted octanol–water partition coefficient (Wildman–Crippen LogP) is 17.4. The van der Waals surface area contributed by atoms with Crippen molar-refractivity contribution in [2.75, 3.05) is 21.3 Å². The van der Waals surface area contributed by atoms with Crippen LogP contribution in [-0.4, -0.2) is 68.6 Å². The zero-order chi connectivity index (χ0) is 74.1. The number of hydrogen-bond acceptors (Lipinski definition) is 13. The summed E-state index contributed by atoms with van der Waals surface area (Å²) in [6.07, 6.45) is 9.43. The van der Waals surface area contributed by atoms with E-state index in [2.05, 4.69) is 77.1 Å². The number of carbonyl (C=O) groups is 4. The van der Waals surface area contributed by atoms with E-state index in [1.807, 2.05) is 64.1 Å². The minimum absolute atomic E-state index is 0.116. The third-order valence-electron chi connectivity index (χ3n) is 15.4. The van der Waals surface area contributed by atoms with E-state index in [9.17, 15) is 46.2 Å². The zero-order valence-electron chi connectivity index (χ0n) is 56.7. The van der Waals surface area contributed by atoms with Gasteiger partial charge in [0.15, 0.2) is 23.3 Å². The average molecular weight is 1490 g/mol. The maximum absolute atomic E-state index is 13.1. The molecule has 0 unspecified atom stereocenters. The highest BCUT2D eigenvalue weighted by Crippen LogP contribution is 2.26. The van der Waals surface area contributed by atoms with Crippen molar-refractivity contribution >= 4 is 74.4 Å². The van der Waals surface area contributed by atoms with Crippen LogP contribution in [0, 0.1) is 29.1 Å². The maximum atomic E-state index is 13.1. The van der Waals surface area contributed by atoms with Crippen molar-refractivity contribution in [2.45, 2.75) is 79.1 Å². The second kappa shape index (κ2) is 37.7. The Morgan fingerprint density at radius 2 is 0.548 bits per heavy atom. The molecule has 0 saturated carbocycles. The van der Waals surface area contributed by atoms with Crippen molar-refractivity contribution in [1.29, 1.82) is 0 Å². The van der Waals surface area contributed by atoms with Gasteiger partial charge in [0.05, 0.1) is 96.0 Å². The monoisotopic (exact) mass is 1490 g/mol. The molecule has 0 spiro atoms. The molecule has 528 valence electrons. The van der Waals surface area contributed by atoms with E-state index in [1.165, 1.54) is 72.8 Å². The summed E-state index contributed by atoms with van der Waals surface area (Å²) in [5.41, 5.74) is 11.5. The second-order valence-corrected chi connectivity index (χ2v) is 24.4. The van der Waals surface area contributed by atoms with Crippen LogP contribution in [0.15, 0.2) is 223 Å². The number of aryl methyl sites for hydroxylation is 4. The molecule has 104 heavy (non-hydrogen) atoms. The van der Waals surface area contributed by atoms with Crippen LogP contribution in [-0.2, 0) is 70.5 Å². The number of amides is 4. The summed E-state index contributed by atoms with van der Waals surface area (Å²) in [4.78, 5) is 84.5. The van der Waals surface area contributed by atoms with Crippen LogP contribution < -0.4 is 21.3 Å². The van der Waals surface area contributed by atoms with Gasteiger partial charge < -0.3 is 26.4 Å². The molecular weight excluding hydrogens is 1420 g/mol. The third-order valence-corrected chi connectivity index (χ3v) is 16.2. The molecule has 4 amide bonds. The van der Waals surface area contributed by atoms with Crippen LogP contribution in [0.3, 0.4) is 0 Å². The van der Waals surface area contributed by atoms with E-state index in [0.29, 0.717) is 105 Å². The largest absolute Gasteiger partial charge is 0.508 e. The van der Waals surface area contributed by atoms with Crippen LogP contribution in [0.5, 0.6) is 5.75 Å². The number of phenols is 1. The summed E-state index contributed by atoms with van der Waals surface area (Å²) >= 11 is 9.23. The molecule has 0 saturated heterocycles. The highest BCUT2D eigenvalue weighted by molar-refractivity contribution is 9.10. The van der Waals surface area contributed by atoms with Crippen molar-refractivity contribution in [1.82, 2.24) is 39.9 Å².